The van der Waals surface area contributed by atoms with Crippen molar-refractivity contribution < 1.29 is 14.6 Å². The van der Waals surface area contributed by atoms with Crippen LogP contribution in [0.4, 0.5) is 9.52 Å². The molecule has 3 atom stereocenters. The second kappa shape index (κ2) is 7.33. The molecule has 0 bridgehead atoms. The third-order valence-corrected chi connectivity index (χ3v) is 6.31. The van der Waals surface area contributed by atoms with E-state index in [9.17, 15) is 14.6 Å². The predicted molar refractivity (Wildman–Crippen MR) is 109 cm³/mol. The molecular formula is C20H20FN5O2S. The van der Waals surface area contributed by atoms with E-state index in [-0.39, 0.29) is 6.04 Å². The minimum absolute atomic E-state index is 0.192. The second-order valence-electron chi connectivity index (χ2n) is 7.43. The van der Waals surface area contributed by atoms with Crippen LogP contribution in [0.2, 0.25) is 0 Å². The van der Waals surface area contributed by atoms with Crippen molar-refractivity contribution in [2.45, 2.75) is 44.1 Å². The van der Waals surface area contributed by atoms with Crippen LogP contribution in [0, 0.1) is 5.82 Å². The van der Waals surface area contributed by atoms with Crippen molar-refractivity contribution in [2.24, 2.45) is 0 Å². The van der Waals surface area contributed by atoms with Crippen LogP contribution in [0.3, 0.4) is 0 Å². The van der Waals surface area contributed by atoms with E-state index >= 15 is 0 Å². The molecule has 0 amide bonds. The maximum atomic E-state index is 13.3. The van der Waals surface area contributed by atoms with Crippen molar-refractivity contribution in [2.75, 3.05) is 5.32 Å². The molecule has 1 aliphatic carbocycles. The summed E-state index contributed by atoms with van der Waals surface area (Å²) in [6, 6.07) is 7.22. The summed E-state index contributed by atoms with van der Waals surface area (Å²) in [4.78, 5) is 13.0. The van der Waals surface area contributed by atoms with Crippen LogP contribution in [0.1, 0.15) is 24.8 Å². The number of pyridine rings is 1. The number of aliphatic hydroxyl groups is 2. The molecule has 0 aliphatic heterocycles. The molecule has 1 aromatic carbocycles. The zero-order chi connectivity index (χ0) is 20.0. The maximum absolute atomic E-state index is 13.3. The Morgan fingerprint density at radius 3 is 2.97 bits per heavy atom. The number of rotatable bonds is 4. The Morgan fingerprint density at radius 1 is 1.17 bits per heavy atom. The number of anilines is 1. The number of aliphatic hydroxyl groups excluding tert-OH is 2. The fourth-order valence-corrected chi connectivity index (χ4v) is 4.83. The van der Waals surface area contributed by atoms with Crippen LogP contribution < -0.4 is 5.32 Å². The summed E-state index contributed by atoms with van der Waals surface area (Å²) in [6.45, 7) is 0.569. The van der Waals surface area contributed by atoms with Crippen molar-refractivity contribution in [1.82, 2.24) is 19.5 Å². The molecule has 5 rings (SSSR count). The molecule has 150 valence electrons. The SMILES string of the molecule is O[C@@H]1[C@H](O)CCC[C@H]1Nc1nc2ccc(Cn3cnc4cc(F)cnc43)cc2s1. The molecule has 0 radical (unpaired) electrons. The largest absolute Gasteiger partial charge is 0.390 e. The van der Waals surface area contributed by atoms with Gasteiger partial charge >= 0.3 is 0 Å². The number of nitrogens with zero attached hydrogens (tertiary/aromatic N) is 4. The number of hydrogen-bond acceptors (Lipinski definition) is 7. The van der Waals surface area contributed by atoms with Gasteiger partial charge in [0.05, 0.1) is 47.5 Å². The number of thiazole rings is 1. The Morgan fingerprint density at radius 2 is 2.07 bits per heavy atom. The van der Waals surface area contributed by atoms with Gasteiger partial charge in [0.2, 0.25) is 0 Å². The van der Waals surface area contributed by atoms with Gasteiger partial charge in [0.25, 0.3) is 0 Å². The number of aromatic nitrogens is 4. The smallest absolute Gasteiger partial charge is 0.184 e. The van der Waals surface area contributed by atoms with Crippen LogP contribution in [0.25, 0.3) is 21.4 Å². The van der Waals surface area contributed by atoms with E-state index in [1.54, 1.807) is 6.33 Å². The van der Waals surface area contributed by atoms with Crippen LogP contribution in [0.5, 0.6) is 0 Å². The van der Waals surface area contributed by atoms with Crippen LogP contribution in [-0.4, -0.2) is 48.0 Å². The number of nitrogens with one attached hydrogen (secondary N) is 1. The lowest BCUT2D eigenvalue weighted by molar-refractivity contribution is -0.0161. The Labute approximate surface area is 169 Å². The van der Waals surface area contributed by atoms with Gasteiger partial charge in [0, 0.05) is 6.07 Å². The summed E-state index contributed by atoms with van der Waals surface area (Å²) in [6.07, 6.45) is 3.71. The Kier molecular flexibility index (Phi) is 4.65. The average molecular weight is 413 g/mol. The second-order valence-corrected chi connectivity index (χ2v) is 8.46. The summed E-state index contributed by atoms with van der Waals surface area (Å²) < 4.78 is 16.2. The monoisotopic (exact) mass is 413 g/mol. The highest BCUT2D eigenvalue weighted by Gasteiger charge is 2.30. The fourth-order valence-electron chi connectivity index (χ4n) is 3.84. The highest BCUT2D eigenvalue weighted by Crippen LogP contribution is 2.30. The third kappa shape index (κ3) is 3.57. The van der Waals surface area contributed by atoms with E-state index in [4.69, 9.17) is 0 Å². The summed E-state index contributed by atoms with van der Waals surface area (Å²) in [5.74, 6) is -0.399. The summed E-state index contributed by atoms with van der Waals surface area (Å²) in [5.41, 5.74) is 3.11. The lowest BCUT2D eigenvalue weighted by Crippen LogP contribution is -2.45. The highest BCUT2D eigenvalue weighted by molar-refractivity contribution is 7.22. The van der Waals surface area contributed by atoms with Crippen molar-refractivity contribution in [3.8, 4) is 0 Å². The molecule has 0 unspecified atom stereocenters. The lowest BCUT2D eigenvalue weighted by Gasteiger charge is -2.32. The molecule has 0 saturated heterocycles. The third-order valence-electron chi connectivity index (χ3n) is 5.36. The van der Waals surface area contributed by atoms with Gasteiger partial charge < -0.3 is 20.1 Å². The first-order valence-electron chi connectivity index (χ1n) is 9.55. The minimum atomic E-state index is -0.779. The van der Waals surface area contributed by atoms with Crippen LogP contribution >= 0.6 is 11.3 Å². The first kappa shape index (κ1) is 18.4. The molecular weight excluding hydrogens is 393 g/mol. The molecule has 7 nitrogen and oxygen atoms in total. The highest BCUT2D eigenvalue weighted by atomic mass is 32.1. The van der Waals surface area contributed by atoms with Gasteiger partial charge in [-0.25, -0.2) is 19.3 Å². The zero-order valence-electron chi connectivity index (χ0n) is 15.5. The van der Waals surface area contributed by atoms with Gasteiger partial charge in [-0.05, 0) is 37.0 Å². The lowest BCUT2D eigenvalue weighted by atomic mass is 9.90. The van der Waals surface area contributed by atoms with E-state index in [0.717, 1.165) is 33.8 Å². The van der Waals surface area contributed by atoms with Gasteiger partial charge in [0.1, 0.15) is 11.3 Å². The van der Waals surface area contributed by atoms with Gasteiger partial charge in [-0.15, -0.1) is 0 Å². The molecule has 3 N–H and O–H groups in total. The molecule has 1 fully saturated rings. The molecule has 9 heteroatoms. The average Bonchev–Trinajstić information content (AvgIpc) is 3.28. The molecule has 1 aliphatic rings. The van der Waals surface area contributed by atoms with Crippen LogP contribution in [-0.2, 0) is 6.54 Å². The van der Waals surface area contributed by atoms with E-state index in [1.165, 1.54) is 23.6 Å². The van der Waals surface area contributed by atoms with E-state index in [2.05, 4.69) is 26.3 Å². The quantitative estimate of drug-likeness (QED) is 0.476. The number of halogens is 1. The summed E-state index contributed by atoms with van der Waals surface area (Å²) in [7, 11) is 0. The molecule has 4 aromatic rings. The normalized spacial score (nSPS) is 22.4. The predicted octanol–water partition coefficient (Wildman–Crippen LogP) is 2.91. The number of benzene rings is 1. The maximum Gasteiger partial charge on any atom is 0.184 e. The number of fused-ring (bicyclic) bond motifs is 2. The number of imidazole rings is 1. The van der Waals surface area contributed by atoms with Crippen molar-refractivity contribution in [3.63, 3.8) is 0 Å². The van der Waals surface area contributed by atoms with Crippen molar-refractivity contribution in [1.29, 1.82) is 0 Å². The Bertz CT molecular complexity index is 1180. The number of hydrogen-bond donors (Lipinski definition) is 3. The van der Waals surface area contributed by atoms with E-state index < -0.39 is 18.0 Å². The standard InChI is InChI=1S/C20H20FN5O2S/c21-12-7-15-19(22-8-12)26(10-23-15)9-11-4-5-13-17(6-11)29-20(24-13)25-14-2-1-3-16(27)18(14)28/h4-8,10,14,16,18,27-28H,1-3,9H2,(H,24,25)/t14-,16-,18+/m1/s1. The molecule has 29 heavy (non-hydrogen) atoms. The first-order valence-corrected chi connectivity index (χ1v) is 10.4. The zero-order valence-corrected chi connectivity index (χ0v) is 16.3. The van der Waals surface area contributed by atoms with E-state index in [1.807, 2.05) is 16.7 Å². The van der Waals surface area contributed by atoms with Gasteiger partial charge in [-0.3, -0.25) is 0 Å². The Hall–Kier alpha value is -2.62. The van der Waals surface area contributed by atoms with Gasteiger partial charge in [0.15, 0.2) is 10.8 Å². The fraction of sp³-hybridized carbons (Fsp3) is 0.350. The molecule has 1 saturated carbocycles. The summed E-state index contributed by atoms with van der Waals surface area (Å²) in [5, 5.41) is 24.1. The topological polar surface area (TPSA) is 96.1 Å². The van der Waals surface area contributed by atoms with Crippen molar-refractivity contribution >= 4 is 37.8 Å². The van der Waals surface area contributed by atoms with Crippen molar-refractivity contribution in [3.05, 3.63) is 48.2 Å². The first-order chi connectivity index (χ1) is 14.1. The molecule has 3 heterocycles. The summed E-state index contributed by atoms with van der Waals surface area (Å²) >= 11 is 1.52. The Balaban J connectivity index is 1.37. The van der Waals surface area contributed by atoms with Gasteiger partial charge in [-0.1, -0.05) is 17.4 Å². The molecule has 0 spiro atoms. The van der Waals surface area contributed by atoms with Crippen LogP contribution in [0.15, 0.2) is 36.8 Å². The minimum Gasteiger partial charge on any atom is -0.390 e. The molecule has 3 aromatic heterocycles. The van der Waals surface area contributed by atoms with Gasteiger partial charge in [-0.2, -0.15) is 0 Å². The van der Waals surface area contributed by atoms with E-state index in [0.29, 0.717) is 24.1 Å².